The van der Waals surface area contributed by atoms with E-state index in [0.29, 0.717) is 59.0 Å². The molecule has 3 aliphatic rings. The van der Waals surface area contributed by atoms with Crippen molar-refractivity contribution in [2.24, 2.45) is 5.92 Å². The lowest BCUT2D eigenvalue weighted by Crippen LogP contribution is -2.53. The molecule has 75 heavy (non-hydrogen) atoms. The van der Waals surface area contributed by atoms with Gasteiger partial charge in [0, 0.05) is 109 Å². The molecule has 3 atom stereocenters. The van der Waals surface area contributed by atoms with E-state index < -0.39 is 66.1 Å². The minimum Gasteiger partial charge on any atom is -0.409 e. The van der Waals surface area contributed by atoms with Gasteiger partial charge in [-0.1, -0.05) is 38.1 Å². The fourth-order valence-electron chi connectivity index (χ4n) is 9.27. The average molecular weight is 1040 g/mol. The summed E-state index contributed by atoms with van der Waals surface area (Å²) >= 11 is 6.54. The molecule has 1 fully saturated rings. The van der Waals surface area contributed by atoms with Crippen molar-refractivity contribution in [2.75, 3.05) is 74.3 Å². The zero-order valence-electron chi connectivity index (χ0n) is 42.0. The highest BCUT2D eigenvalue weighted by molar-refractivity contribution is 6.19. The standard InChI is InChI=1S/C54H59ClN10O10/c1-31(2)24-41(61-45(66)10-7-19-64-47(68)17-18-48(64)69)52(72)57-32(3)50(70)56-29-46(67)58-36-13-11-33(12-14-36)51(71)59-37-15-16-40-34(25-37)26-42(60-40)53(73)65-30-35(28-55)49-39-9-6-5-8-38(39)44(27-43(49)65)75-54(74)63-22-20-62(4)21-23-63/h5-6,8-9,11-18,25-27,31-32,35,41,60H,7,10,19-24,28-30H2,1-4H3,(H,56,70)(H,57,72)(H,58,67)(H,59,71)(H,61,66)/t32-,35+,41-/m0/s1. The van der Waals surface area contributed by atoms with Crippen molar-refractivity contribution in [3.63, 3.8) is 0 Å². The van der Waals surface area contributed by atoms with Crippen LogP contribution >= 0.6 is 11.6 Å². The van der Waals surface area contributed by atoms with Crippen LogP contribution in [0.5, 0.6) is 5.75 Å². The van der Waals surface area contributed by atoms with E-state index in [4.69, 9.17) is 16.3 Å². The number of nitrogens with one attached hydrogen (secondary N) is 6. The number of aromatic nitrogens is 1. The number of piperazine rings is 1. The maximum atomic E-state index is 14.4. The van der Waals surface area contributed by atoms with E-state index in [2.05, 4.69) is 36.5 Å². The number of alkyl halides is 1. The Morgan fingerprint density at radius 3 is 2.17 bits per heavy atom. The van der Waals surface area contributed by atoms with E-state index in [1.165, 1.54) is 31.2 Å². The van der Waals surface area contributed by atoms with Gasteiger partial charge in [0.15, 0.2) is 0 Å². The van der Waals surface area contributed by atoms with E-state index in [1.807, 2.05) is 45.2 Å². The van der Waals surface area contributed by atoms with Crippen molar-refractivity contribution in [2.45, 2.75) is 58.0 Å². The number of ether oxygens (including phenoxy) is 1. The zero-order chi connectivity index (χ0) is 53.5. The quantitative estimate of drug-likeness (QED) is 0.0498. The van der Waals surface area contributed by atoms with E-state index >= 15 is 0 Å². The number of fused-ring (bicyclic) bond motifs is 4. The molecule has 0 unspecified atom stereocenters. The summed E-state index contributed by atoms with van der Waals surface area (Å²) in [7, 11) is 2.01. The third-order valence-corrected chi connectivity index (χ3v) is 13.7. The molecule has 20 nitrogen and oxygen atoms in total. The number of anilines is 3. The number of amides is 9. The first kappa shape index (κ1) is 53.2. The molecule has 3 aliphatic heterocycles. The van der Waals surface area contributed by atoms with Crippen molar-refractivity contribution in [1.29, 1.82) is 0 Å². The van der Waals surface area contributed by atoms with Gasteiger partial charge < -0.3 is 51.0 Å². The number of halogens is 1. The summed E-state index contributed by atoms with van der Waals surface area (Å²) in [5, 5.41) is 15.6. The Kier molecular flexibility index (Phi) is 16.6. The molecule has 5 aromatic rings. The highest BCUT2D eigenvalue weighted by atomic mass is 35.5. The monoisotopic (exact) mass is 1040 g/mol. The van der Waals surface area contributed by atoms with Crippen LogP contribution in [0.1, 0.15) is 72.4 Å². The average Bonchev–Trinajstić information content (AvgIpc) is 4.10. The van der Waals surface area contributed by atoms with Gasteiger partial charge in [-0.15, -0.1) is 11.6 Å². The molecule has 0 saturated carbocycles. The normalized spacial score (nSPS) is 16.2. The Labute approximate surface area is 437 Å². The Morgan fingerprint density at radius 1 is 0.787 bits per heavy atom. The van der Waals surface area contributed by atoms with Gasteiger partial charge in [-0.3, -0.25) is 43.3 Å². The smallest absolute Gasteiger partial charge is 0.409 e. The third-order valence-electron chi connectivity index (χ3n) is 13.3. The molecular formula is C54H59ClN10O10. The van der Waals surface area contributed by atoms with Gasteiger partial charge in [-0.05, 0) is 92.2 Å². The first-order valence-electron chi connectivity index (χ1n) is 24.8. The van der Waals surface area contributed by atoms with E-state index in [0.717, 1.165) is 46.5 Å². The summed E-state index contributed by atoms with van der Waals surface area (Å²) in [6.45, 7) is 7.70. The number of imide groups is 1. The van der Waals surface area contributed by atoms with Crippen LogP contribution in [-0.4, -0.2) is 144 Å². The second kappa shape index (κ2) is 23.4. The third kappa shape index (κ3) is 12.6. The molecule has 21 heteroatoms. The number of hydrogen-bond acceptors (Lipinski definition) is 11. The summed E-state index contributed by atoms with van der Waals surface area (Å²) < 4.78 is 6.04. The lowest BCUT2D eigenvalue weighted by atomic mass is 9.95. The van der Waals surface area contributed by atoms with Gasteiger partial charge in [0.25, 0.3) is 23.6 Å². The van der Waals surface area contributed by atoms with Gasteiger partial charge in [0.2, 0.25) is 23.6 Å². The maximum Gasteiger partial charge on any atom is 0.415 e. The minimum atomic E-state index is -1.06. The van der Waals surface area contributed by atoms with Crippen LogP contribution in [0, 0.1) is 5.92 Å². The summed E-state index contributed by atoms with van der Waals surface area (Å²) in [5.41, 5.74) is 3.61. The van der Waals surface area contributed by atoms with Gasteiger partial charge in [0.1, 0.15) is 23.5 Å². The molecule has 0 bridgehead atoms. The van der Waals surface area contributed by atoms with Gasteiger partial charge >= 0.3 is 6.09 Å². The number of likely N-dealkylation sites (N-methyl/N-ethyl adjacent to an activating group) is 1. The minimum absolute atomic E-state index is 0.0110. The van der Waals surface area contributed by atoms with Crippen molar-refractivity contribution >= 4 is 104 Å². The van der Waals surface area contributed by atoms with E-state index in [-0.39, 0.29) is 55.0 Å². The summed E-state index contributed by atoms with van der Waals surface area (Å²) in [6, 6.07) is 20.4. The van der Waals surface area contributed by atoms with Crippen molar-refractivity contribution < 1.29 is 47.9 Å². The van der Waals surface area contributed by atoms with Gasteiger partial charge in [-0.2, -0.15) is 0 Å². The number of carbonyl (C=O) groups is 9. The fraction of sp³-hybridized carbons (Fsp3) is 0.352. The van der Waals surface area contributed by atoms with Crippen LogP contribution < -0.4 is 36.2 Å². The molecule has 392 valence electrons. The highest BCUT2D eigenvalue weighted by Gasteiger charge is 2.36. The predicted octanol–water partition coefficient (Wildman–Crippen LogP) is 5.10. The molecule has 4 aromatic carbocycles. The first-order valence-corrected chi connectivity index (χ1v) is 25.3. The Balaban J connectivity index is 0.827. The topological polar surface area (TPSA) is 252 Å². The van der Waals surface area contributed by atoms with Crippen molar-refractivity contribution in [1.82, 2.24) is 35.6 Å². The SMILES string of the molecule is CC(C)C[C@H](NC(=O)CCCN1C(=O)C=CC1=O)C(=O)N[C@@H](C)C(=O)NCC(=O)Nc1ccc(C(=O)Nc2ccc3[nH]c(C(=O)N4C[C@@H](CCl)c5c4cc(OC(=O)N4CCN(C)CC4)c4ccccc54)cc3c2)cc1. The predicted molar refractivity (Wildman–Crippen MR) is 283 cm³/mol. The Hall–Kier alpha value is -8.10. The highest BCUT2D eigenvalue weighted by Crippen LogP contribution is 2.46. The lowest BCUT2D eigenvalue weighted by Gasteiger charge is -2.31. The van der Waals surface area contributed by atoms with E-state index in [9.17, 15) is 43.2 Å². The van der Waals surface area contributed by atoms with Crippen LogP contribution in [0.4, 0.5) is 21.9 Å². The molecule has 9 amide bonds. The summed E-state index contributed by atoms with van der Waals surface area (Å²) in [4.78, 5) is 126. The molecule has 1 aromatic heterocycles. The van der Waals surface area contributed by atoms with E-state index in [1.54, 1.807) is 40.1 Å². The molecule has 8 rings (SSSR count). The largest absolute Gasteiger partial charge is 0.415 e. The fourth-order valence-corrected chi connectivity index (χ4v) is 9.52. The molecule has 0 aliphatic carbocycles. The van der Waals surface area contributed by atoms with Crippen LogP contribution in [-0.2, 0) is 28.8 Å². The number of nitrogens with zero attached hydrogens (tertiary/aromatic N) is 4. The van der Waals surface area contributed by atoms with Crippen molar-refractivity contribution in [3.8, 4) is 5.75 Å². The number of benzene rings is 4. The second-order valence-corrected chi connectivity index (χ2v) is 19.6. The van der Waals surface area contributed by atoms with Crippen LogP contribution in [0.25, 0.3) is 21.7 Å². The number of aromatic amines is 1. The molecule has 4 heterocycles. The number of H-pyrrole nitrogens is 1. The zero-order valence-corrected chi connectivity index (χ0v) is 42.8. The number of carbonyl (C=O) groups excluding carboxylic acids is 9. The molecule has 6 N–H and O–H groups in total. The number of hydrogen-bond donors (Lipinski definition) is 6. The maximum absolute atomic E-state index is 14.4. The summed E-state index contributed by atoms with van der Waals surface area (Å²) in [6.07, 6.45) is 2.33. The first-order chi connectivity index (χ1) is 36.0. The van der Waals surface area contributed by atoms with Gasteiger partial charge in [0.05, 0.1) is 12.2 Å². The summed E-state index contributed by atoms with van der Waals surface area (Å²) in [5.74, 6) is -3.42. The Bertz CT molecular complexity index is 3080. The van der Waals surface area contributed by atoms with Gasteiger partial charge in [-0.25, -0.2) is 4.79 Å². The molecule has 0 radical (unpaired) electrons. The van der Waals surface area contributed by atoms with Crippen LogP contribution in [0.15, 0.2) is 91.0 Å². The lowest BCUT2D eigenvalue weighted by molar-refractivity contribution is -0.137. The van der Waals surface area contributed by atoms with Crippen LogP contribution in [0.3, 0.4) is 0 Å². The number of rotatable bonds is 18. The molecule has 0 spiro atoms. The van der Waals surface area contributed by atoms with Crippen LogP contribution in [0.2, 0.25) is 0 Å². The molecule has 1 saturated heterocycles. The Morgan fingerprint density at radius 2 is 1.48 bits per heavy atom. The van der Waals surface area contributed by atoms with Crippen molar-refractivity contribution in [3.05, 3.63) is 108 Å². The second-order valence-electron chi connectivity index (χ2n) is 19.3. The molecular weight excluding hydrogens is 984 g/mol.